The molecule has 3 N–H and O–H groups in total. The summed E-state index contributed by atoms with van der Waals surface area (Å²) in [5.41, 5.74) is 8.08. The summed E-state index contributed by atoms with van der Waals surface area (Å²) in [7, 11) is 0. The van der Waals surface area contributed by atoms with Crippen LogP contribution in [0.3, 0.4) is 0 Å². The Bertz CT molecular complexity index is 556. The average molecular weight is 294 g/mol. The normalized spacial score (nSPS) is 14.1. The van der Waals surface area contributed by atoms with Gasteiger partial charge in [-0.25, -0.2) is 0 Å². The van der Waals surface area contributed by atoms with Crippen molar-refractivity contribution in [2.24, 2.45) is 11.7 Å². The van der Waals surface area contributed by atoms with E-state index in [1.165, 1.54) is 10.9 Å². The molecule has 0 saturated carbocycles. The van der Waals surface area contributed by atoms with E-state index < -0.39 is 0 Å². The van der Waals surface area contributed by atoms with E-state index in [1.807, 2.05) is 24.4 Å². The van der Waals surface area contributed by atoms with Crippen LogP contribution in [0.4, 0.5) is 0 Å². The molecule has 20 heavy (non-hydrogen) atoms. The number of aromatic nitrogens is 1. The SMILES string of the molecule is CC(C)C(C)(CN)NCc1cnc2ccccc2c1.Cl. The number of pyridine rings is 1. The summed E-state index contributed by atoms with van der Waals surface area (Å²) >= 11 is 0. The number of nitrogens with two attached hydrogens (primary N) is 1. The Morgan fingerprint density at radius 3 is 2.65 bits per heavy atom. The van der Waals surface area contributed by atoms with Gasteiger partial charge in [0.1, 0.15) is 0 Å². The van der Waals surface area contributed by atoms with Crippen LogP contribution in [0.1, 0.15) is 26.3 Å². The summed E-state index contributed by atoms with van der Waals surface area (Å²) in [4.78, 5) is 4.48. The van der Waals surface area contributed by atoms with Gasteiger partial charge in [-0.1, -0.05) is 32.0 Å². The molecule has 2 rings (SSSR count). The van der Waals surface area contributed by atoms with Crippen molar-refractivity contribution >= 4 is 23.3 Å². The van der Waals surface area contributed by atoms with Gasteiger partial charge in [-0.3, -0.25) is 4.98 Å². The summed E-state index contributed by atoms with van der Waals surface area (Å²) in [6.07, 6.45) is 1.94. The molecule has 0 amide bonds. The molecule has 0 fully saturated rings. The molecule has 4 heteroatoms. The Morgan fingerprint density at radius 1 is 1.30 bits per heavy atom. The maximum atomic E-state index is 5.88. The lowest BCUT2D eigenvalue weighted by molar-refractivity contribution is 0.267. The number of halogens is 1. The van der Waals surface area contributed by atoms with E-state index >= 15 is 0 Å². The van der Waals surface area contributed by atoms with Crippen molar-refractivity contribution in [3.8, 4) is 0 Å². The monoisotopic (exact) mass is 293 g/mol. The van der Waals surface area contributed by atoms with Gasteiger partial charge in [-0.05, 0) is 30.5 Å². The Balaban J connectivity index is 0.00000200. The van der Waals surface area contributed by atoms with Crippen molar-refractivity contribution in [3.63, 3.8) is 0 Å². The zero-order valence-corrected chi connectivity index (χ0v) is 13.2. The summed E-state index contributed by atoms with van der Waals surface area (Å²) in [6, 6.07) is 10.4. The molecular formula is C16H24ClN3. The van der Waals surface area contributed by atoms with Crippen LogP contribution in [0, 0.1) is 5.92 Å². The fourth-order valence-electron chi connectivity index (χ4n) is 2.03. The first-order chi connectivity index (χ1) is 9.05. The first-order valence-corrected chi connectivity index (χ1v) is 6.84. The quantitative estimate of drug-likeness (QED) is 0.890. The standard InChI is InChI=1S/C16H23N3.ClH/c1-12(2)16(3,11-17)19-10-13-8-14-6-4-5-7-15(14)18-9-13;/h4-9,12,19H,10-11,17H2,1-3H3;1H. The number of benzene rings is 1. The molecule has 0 aliphatic carbocycles. The zero-order valence-electron chi connectivity index (χ0n) is 12.4. The highest BCUT2D eigenvalue weighted by Gasteiger charge is 2.25. The van der Waals surface area contributed by atoms with E-state index in [-0.39, 0.29) is 17.9 Å². The lowest BCUT2D eigenvalue weighted by atomic mass is 9.88. The van der Waals surface area contributed by atoms with Gasteiger partial charge in [-0.15, -0.1) is 12.4 Å². The molecular weight excluding hydrogens is 270 g/mol. The highest BCUT2D eigenvalue weighted by atomic mass is 35.5. The number of nitrogens with zero attached hydrogens (tertiary/aromatic N) is 1. The largest absolute Gasteiger partial charge is 0.329 e. The van der Waals surface area contributed by atoms with Crippen LogP contribution in [0.25, 0.3) is 10.9 Å². The molecule has 1 aromatic carbocycles. The van der Waals surface area contributed by atoms with Crippen LogP contribution in [0.15, 0.2) is 36.5 Å². The second-order valence-corrected chi connectivity index (χ2v) is 5.67. The second-order valence-electron chi connectivity index (χ2n) is 5.67. The Hall–Kier alpha value is -1.16. The van der Waals surface area contributed by atoms with Gasteiger partial charge >= 0.3 is 0 Å². The lowest BCUT2D eigenvalue weighted by Crippen LogP contribution is -2.52. The van der Waals surface area contributed by atoms with Gasteiger partial charge in [0.15, 0.2) is 0 Å². The Labute approximate surface area is 127 Å². The summed E-state index contributed by atoms with van der Waals surface area (Å²) in [6.45, 7) is 7.98. The molecule has 0 bridgehead atoms. The van der Waals surface area contributed by atoms with Crippen LogP contribution in [0.2, 0.25) is 0 Å². The highest BCUT2D eigenvalue weighted by molar-refractivity contribution is 5.85. The Kier molecular flexibility index (Phi) is 5.93. The number of hydrogen-bond donors (Lipinski definition) is 2. The maximum absolute atomic E-state index is 5.88. The molecule has 110 valence electrons. The summed E-state index contributed by atoms with van der Waals surface area (Å²) in [5.74, 6) is 0.492. The minimum absolute atomic E-state index is 0. The molecule has 1 aromatic heterocycles. The number of hydrogen-bond acceptors (Lipinski definition) is 3. The van der Waals surface area contributed by atoms with Crippen molar-refractivity contribution in [1.82, 2.24) is 10.3 Å². The smallest absolute Gasteiger partial charge is 0.0702 e. The van der Waals surface area contributed by atoms with Crippen molar-refractivity contribution < 1.29 is 0 Å². The molecule has 1 atom stereocenters. The topological polar surface area (TPSA) is 50.9 Å². The predicted octanol–water partition coefficient (Wildman–Crippen LogP) is 3.12. The fraction of sp³-hybridized carbons (Fsp3) is 0.438. The van der Waals surface area contributed by atoms with Crippen LogP contribution in [-0.2, 0) is 6.54 Å². The van der Waals surface area contributed by atoms with Gasteiger partial charge in [0, 0.05) is 30.2 Å². The van der Waals surface area contributed by atoms with E-state index in [9.17, 15) is 0 Å². The molecule has 0 aliphatic heterocycles. The van der Waals surface area contributed by atoms with E-state index in [0.29, 0.717) is 12.5 Å². The van der Waals surface area contributed by atoms with Crippen molar-refractivity contribution in [3.05, 3.63) is 42.1 Å². The van der Waals surface area contributed by atoms with E-state index in [1.54, 1.807) is 0 Å². The molecule has 1 unspecified atom stereocenters. The summed E-state index contributed by atoms with van der Waals surface area (Å²) < 4.78 is 0. The molecule has 0 spiro atoms. The van der Waals surface area contributed by atoms with Gasteiger partial charge in [0.25, 0.3) is 0 Å². The Morgan fingerprint density at radius 2 is 2.00 bits per heavy atom. The lowest BCUT2D eigenvalue weighted by Gasteiger charge is -2.33. The van der Waals surface area contributed by atoms with Crippen molar-refractivity contribution in [2.45, 2.75) is 32.9 Å². The third-order valence-electron chi connectivity index (χ3n) is 4.04. The third-order valence-corrected chi connectivity index (χ3v) is 4.04. The maximum Gasteiger partial charge on any atom is 0.0702 e. The average Bonchev–Trinajstić information content (AvgIpc) is 2.44. The fourth-order valence-corrected chi connectivity index (χ4v) is 2.03. The van der Waals surface area contributed by atoms with Crippen LogP contribution < -0.4 is 11.1 Å². The van der Waals surface area contributed by atoms with Gasteiger partial charge < -0.3 is 11.1 Å². The van der Waals surface area contributed by atoms with Gasteiger partial charge in [0.2, 0.25) is 0 Å². The number of fused-ring (bicyclic) bond motifs is 1. The predicted molar refractivity (Wildman–Crippen MR) is 88.1 cm³/mol. The van der Waals surface area contributed by atoms with E-state index in [4.69, 9.17) is 5.73 Å². The first kappa shape index (κ1) is 16.9. The van der Waals surface area contributed by atoms with E-state index in [2.05, 4.69) is 43.2 Å². The van der Waals surface area contributed by atoms with Gasteiger partial charge in [0.05, 0.1) is 5.52 Å². The third kappa shape index (κ3) is 3.69. The first-order valence-electron chi connectivity index (χ1n) is 6.84. The van der Waals surface area contributed by atoms with E-state index in [0.717, 1.165) is 12.1 Å². The molecule has 2 aromatic rings. The van der Waals surface area contributed by atoms with Crippen LogP contribution in [-0.4, -0.2) is 17.1 Å². The van der Waals surface area contributed by atoms with Crippen LogP contribution >= 0.6 is 12.4 Å². The minimum atomic E-state index is -0.0361. The molecule has 0 aliphatic rings. The zero-order chi connectivity index (χ0) is 13.9. The highest BCUT2D eigenvalue weighted by Crippen LogP contribution is 2.17. The molecule has 3 nitrogen and oxygen atoms in total. The number of rotatable bonds is 5. The second kappa shape index (κ2) is 7.02. The molecule has 0 radical (unpaired) electrons. The molecule has 1 heterocycles. The number of nitrogens with one attached hydrogen (secondary N) is 1. The van der Waals surface area contributed by atoms with Crippen LogP contribution in [0.5, 0.6) is 0 Å². The number of para-hydroxylation sites is 1. The van der Waals surface area contributed by atoms with Gasteiger partial charge in [-0.2, -0.15) is 0 Å². The van der Waals surface area contributed by atoms with Crippen molar-refractivity contribution in [1.29, 1.82) is 0 Å². The minimum Gasteiger partial charge on any atom is -0.329 e. The summed E-state index contributed by atoms with van der Waals surface area (Å²) in [5, 5.41) is 4.74. The molecule has 0 saturated heterocycles. The van der Waals surface area contributed by atoms with Crippen molar-refractivity contribution in [2.75, 3.05) is 6.54 Å².